The van der Waals surface area contributed by atoms with Crippen LogP contribution >= 0.6 is 15.9 Å². The highest BCUT2D eigenvalue weighted by Gasteiger charge is 2.85. The smallest absolute Gasteiger partial charge is 0.294 e. The van der Waals surface area contributed by atoms with E-state index in [1.807, 2.05) is 13.8 Å². The van der Waals surface area contributed by atoms with E-state index in [-0.39, 0.29) is 33.2 Å². The van der Waals surface area contributed by atoms with Gasteiger partial charge < -0.3 is 4.48 Å². The Kier molecular flexibility index (Phi) is 2.41. The van der Waals surface area contributed by atoms with Gasteiger partial charge in [-0.1, -0.05) is 15.9 Å². The molecule has 19 heavy (non-hydrogen) atoms. The standard InChI is InChI=1S/C11H17BrN3O4/c1-7(2)15-5-10(13(16)17)3-8(15)9(12)11(4-10,6-15)14(18)19/h7-9H,3-6H2,1-2H3/q+1. The molecule has 1 saturated carbocycles. The van der Waals surface area contributed by atoms with Crippen molar-refractivity contribution < 1.29 is 14.3 Å². The van der Waals surface area contributed by atoms with Crippen molar-refractivity contribution in [3.8, 4) is 0 Å². The second-order valence-electron chi connectivity index (χ2n) is 6.71. The van der Waals surface area contributed by atoms with Crippen LogP contribution in [0.25, 0.3) is 0 Å². The fourth-order valence-electron chi connectivity index (χ4n) is 4.81. The molecule has 5 atom stereocenters. The largest absolute Gasteiger partial charge is 0.306 e. The molecular formula is C11H17BrN3O4+. The molecule has 0 radical (unpaired) electrons. The van der Waals surface area contributed by atoms with Gasteiger partial charge in [0.05, 0.1) is 12.5 Å². The van der Waals surface area contributed by atoms with Gasteiger partial charge in [0, 0.05) is 9.85 Å². The quantitative estimate of drug-likeness (QED) is 0.336. The van der Waals surface area contributed by atoms with Gasteiger partial charge in [-0.05, 0) is 13.8 Å². The molecule has 0 aromatic carbocycles. The molecule has 8 heteroatoms. The molecule has 4 rings (SSSR count). The second kappa shape index (κ2) is 3.46. The van der Waals surface area contributed by atoms with Crippen LogP contribution in [-0.4, -0.2) is 55.4 Å². The van der Waals surface area contributed by atoms with E-state index in [2.05, 4.69) is 15.9 Å². The lowest BCUT2D eigenvalue weighted by atomic mass is 9.73. The van der Waals surface area contributed by atoms with E-state index >= 15 is 0 Å². The Labute approximate surface area is 119 Å². The summed E-state index contributed by atoms with van der Waals surface area (Å²) in [4.78, 5) is 22.3. The van der Waals surface area contributed by atoms with Gasteiger partial charge in [0.2, 0.25) is 0 Å². The Morgan fingerprint density at radius 2 is 1.89 bits per heavy atom. The van der Waals surface area contributed by atoms with E-state index in [1.54, 1.807) is 0 Å². The SMILES string of the molecule is CC(C)[N+]12CC3([N+](=O)[O-])CC1C(Br)C([N+](=O)[O-])(C3)C2. The maximum absolute atomic E-state index is 11.6. The van der Waals surface area contributed by atoms with Crippen molar-refractivity contribution in [2.45, 2.75) is 54.7 Å². The molecule has 4 bridgehead atoms. The molecule has 3 aliphatic heterocycles. The average molecular weight is 335 g/mol. The van der Waals surface area contributed by atoms with Gasteiger partial charge in [0.1, 0.15) is 17.3 Å². The highest BCUT2D eigenvalue weighted by atomic mass is 79.9. The number of nitrogens with zero attached hydrogens (tertiary/aromatic N) is 3. The average Bonchev–Trinajstić information content (AvgIpc) is 2.66. The van der Waals surface area contributed by atoms with Gasteiger partial charge >= 0.3 is 0 Å². The van der Waals surface area contributed by atoms with E-state index in [9.17, 15) is 20.2 Å². The predicted octanol–water partition coefficient (Wildman–Crippen LogP) is 1.20. The van der Waals surface area contributed by atoms with Crippen molar-refractivity contribution in [2.75, 3.05) is 13.1 Å². The second-order valence-corrected chi connectivity index (χ2v) is 7.69. The van der Waals surface area contributed by atoms with Crippen molar-refractivity contribution in [3.63, 3.8) is 0 Å². The molecule has 0 aromatic rings. The molecule has 7 nitrogen and oxygen atoms in total. The Balaban J connectivity index is 2.16. The Morgan fingerprint density at radius 3 is 2.32 bits per heavy atom. The number of piperidine rings is 1. The summed E-state index contributed by atoms with van der Waals surface area (Å²) in [6.45, 7) is 4.90. The molecule has 0 amide bonds. The monoisotopic (exact) mass is 334 g/mol. The number of quaternary nitrogens is 1. The first-order valence-electron chi connectivity index (χ1n) is 6.50. The topological polar surface area (TPSA) is 86.3 Å². The van der Waals surface area contributed by atoms with Crippen LogP contribution in [0.1, 0.15) is 26.7 Å². The third kappa shape index (κ3) is 1.27. The predicted molar refractivity (Wildman–Crippen MR) is 70.3 cm³/mol. The van der Waals surface area contributed by atoms with E-state index < -0.39 is 11.1 Å². The molecular weight excluding hydrogens is 318 g/mol. The van der Waals surface area contributed by atoms with Crippen LogP contribution in [0.4, 0.5) is 0 Å². The number of alkyl halides is 1. The van der Waals surface area contributed by atoms with Crippen molar-refractivity contribution >= 4 is 15.9 Å². The maximum Gasteiger partial charge on any atom is 0.294 e. The summed E-state index contributed by atoms with van der Waals surface area (Å²) >= 11 is 3.50. The maximum atomic E-state index is 11.6. The first kappa shape index (κ1) is 13.2. The lowest BCUT2D eigenvalue weighted by molar-refractivity contribution is -0.963. The number of halogens is 1. The molecule has 3 saturated heterocycles. The molecule has 0 aromatic heterocycles. The summed E-state index contributed by atoms with van der Waals surface area (Å²) < 4.78 is 0.526. The normalized spacial score (nSPS) is 50.9. The molecule has 106 valence electrons. The van der Waals surface area contributed by atoms with Crippen molar-refractivity contribution in [1.82, 2.24) is 0 Å². The lowest BCUT2D eigenvalue weighted by Crippen LogP contribution is -2.66. The minimum atomic E-state index is -1.17. The Bertz CT molecular complexity index is 487. The number of nitro groups is 2. The van der Waals surface area contributed by atoms with Gasteiger partial charge in [-0.15, -0.1) is 0 Å². The van der Waals surface area contributed by atoms with Crippen LogP contribution in [-0.2, 0) is 0 Å². The zero-order chi connectivity index (χ0) is 14.2. The lowest BCUT2D eigenvalue weighted by Gasteiger charge is -2.41. The zero-order valence-electron chi connectivity index (χ0n) is 10.9. The van der Waals surface area contributed by atoms with Crippen LogP contribution < -0.4 is 0 Å². The van der Waals surface area contributed by atoms with Crippen LogP contribution in [0.2, 0.25) is 0 Å². The minimum absolute atomic E-state index is 0.00968. The fourth-order valence-corrected chi connectivity index (χ4v) is 5.94. The van der Waals surface area contributed by atoms with Gasteiger partial charge in [-0.2, -0.15) is 0 Å². The molecule has 4 fully saturated rings. The summed E-state index contributed by atoms with van der Waals surface area (Å²) in [6.07, 6.45) is 0.531. The molecule has 4 aliphatic rings. The van der Waals surface area contributed by atoms with E-state index in [0.717, 1.165) is 0 Å². The van der Waals surface area contributed by atoms with Crippen LogP contribution in [0.3, 0.4) is 0 Å². The van der Waals surface area contributed by atoms with Crippen LogP contribution in [0.5, 0.6) is 0 Å². The summed E-state index contributed by atoms with van der Waals surface area (Å²) in [6, 6.07) is 0.165. The van der Waals surface area contributed by atoms with Crippen LogP contribution in [0, 0.1) is 20.2 Å². The third-order valence-corrected chi connectivity index (χ3v) is 7.13. The Morgan fingerprint density at radius 1 is 1.26 bits per heavy atom. The highest BCUT2D eigenvalue weighted by molar-refractivity contribution is 9.09. The molecule has 3 heterocycles. The number of hydrogen-bond donors (Lipinski definition) is 0. The van der Waals surface area contributed by atoms with E-state index in [0.29, 0.717) is 24.0 Å². The zero-order valence-corrected chi connectivity index (χ0v) is 12.5. The highest BCUT2D eigenvalue weighted by Crippen LogP contribution is 2.60. The Hall–Kier alpha value is -0.760. The molecule has 0 N–H and O–H groups in total. The number of hydrogen-bond acceptors (Lipinski definition) is 4. The molecule has 0 spiro atoms. The van der Waals surface area contributed by atoms with E-state index in [1.165, 1.54) is 0 Å². The summed E-state index contributed by atoms with van der Waals surface area (Å²) in [5.74, 6) is 0. The van der Waals surface area contributed by atoms with Crippen molar-refractivity contribution in [1.29, 1.82) is 0 Å². The fraction of sp³-hybridized carbons (Fsp3) is 1.00. The summed E-state index contributed by atoms with van der Waals surface area (Å²) in [5, 5.41) is 23.1. The van der Waals surface area contributed by atoms with Crippen molar-refractivity contribution in [3.05, 3.63) is 20.2 Å². The first-order valence-corrected chi connectivity index (χ1v) is 7.41. The summed E-state index contributed by atoms with van der Waals surface area (Å²) in [7, 11) is 0. The van der Waals surface area contributed by atoms with Gasteiger partial charge in [-0.3, -0.25) is 20.2 Å². The first-order chi connectivity index (χ1) is 8.70. The van der Waals surface area contributed by atoms with E-state index in [4.69, 9.17) is 0 Å². The van der Waals surface area contributed by atoms with Crippen LogP contribution in [0.15, 0.2) is 0 Å². The van der Waals surface area contributed by atoms with Gasteiger partial charge in [-0.25, -0.2) is 0 Å². The molecule has 5 unspecified atom stereocenters. The van der Waals surface area contributed by atoms with Crippen molar-refractivity contribution in [2.24, 2.45) is 0 Å². The van der Waals surface area contributed by atoms with Gasteiger partial charge in [0.15, 0.2) is 13.1 Å². The van der Waals surface area contributed by atoms with Gasteiger partial charge in [0.25, 0.3) is 11.1 Å². The molecule has 1 aliphatic carbocycles. The minimum Gasteiger partial charge on any atom is -0.306 e. The third-order valence-electron chi connectivity index (χ3n) is 5.67. The summed E-state index contributed by atoms with van der Waals surface area (Å²) in [5.41, 5.74) is -2.26. The number of rotatable bonds is 3.